The molecule has 0 aromatic carbocycles. The molecule has 0 saturated carbocycles. The molecule has 0 aliphatic rings. The van der Waals surface area contributed by atoms with E-state index in [4.69, 9.17) is 24.3 Å². The summed E-state index contributed by atoms with van der Waals surface area (Å²) in [6.45, 7) is 3.58. The Morgan fingerprint density at radius 3 is 1.61 bits per heavy atom. The van der Waals surface area contributed by atoms with Gasteiger partial charge in [0.25, 0.3) is 0 Å². The predicted molar refractivity (Wildman–Crippen MR) is 210 cm³/mol. The van der Waals surface area contributed by atoms with E-state index in [1.807, 2.05) is 0 Å². The highest BCUT2D eigenvalue weighted by molar-refractivity contribution is 7.47. The summed E-state index contributed by atoms with van der Waals surface area (Å²) in [4.78, 5) is 34.8. The van der Waals surface area contributed by atoms with Gasteiger partial charge < -0.3 is 20.1 Å². The standard InChI is InChI=1S/C41H74NO8P/c1-3-5-7-9-11-13-15-17-18-19-20-22-24-26-28-30-32-34-41(44)50-39(38-49-51(45,46)48-36-35-42)37-47-40(43)33-31-29-27-25-23-21-16-14-12-10-8-6-4-2/h5,7,11,13,17-18,20,22,39H,3-4,6,8-10,12,14-16,19,21,23-38,42H2,1-2H3,(H,45,46)/b7-5-,13-11-,18-17-,22-20-. The van der Waals surface area contributed by atoms with Gasteiger partial charge in [-0.1, -0.05) is 152 Å². The van der Waals surface area contributed by atoms with Crippen molar-refractivity contribution >= 4 is 19.8 Å². The Hall–Kier alpha value is -2.03. The number of carbonyl (C=O) groups is 2. The van der Waals surface area contributed by atoms with Crippen LogP contribution in [0, 0.1) is 0 Å². The van der Waals surface area contributed by atoms with Crippen LogP contribution in [0.5, 0.6) is 0 Å². The van der Waals surface area contributed by atoms with E-state index < -0.39 is 26.5 Å². The summed E-state index contributed by atoms with van der Waals surface area (Å²) in [7, 11) is -4.38. The van der Waals surface area contributed by atoms with Crippen LogP contribution >= 0.6 is 7.82 Å². The lowest BCUT2D eigenvalue weighted by Gasteiger charge is -2.19. The quantitative estimate of drug-likeness (QED) is 0.0276. The number of unbranched alkanes of at least 4 members (excludes halogenated alkanes) is 16. The fourth-order valence-electron chi connectivity index (χ4n) is 5.27. The van der Waals surface area contributed by atoms with Crippen molar-refractivity contribution < 1.29 is 37.6 Å². The third-order valence-corrected chi connectivity index (χ3v) is 9.21. The molecule has 2 unspecified atom stereocenters. The second-order valence-corrected chi connectivity index (χ2v) is 14.6. The van der Waals surface area contributed by atoms with E-state index >= 15 is 0 Å². The Labute approximate surface area is 311 Å². The molecule has 0 aromatic heterocycles. The Kier molecular flexibility index (Phi) is 36.2. The molecule has 0 radical (unpaired) electrons. The van der Waals surface area contributed by atoms with E-state index in [0.29, 0.717) is 6.42 Å². The minimum atomic E-state index is -4.38. The SMILES string of the molecule is CC/C=C\C/C=C\C/C=C\C/C=C\CCCCCCC(=O)OC(COC(=O)CCCCCCCCCCCCCCC)COP(=O)(O)OCCN. The van der Waals surface area contributed by atoms with Crippen molar-refractivity contribution in [2.45, 2.75) is 174 Å². The van der Waals surface area contributed by atoms with Crippen molar-refractivity contribution in [2.24, 2.45) is 5.73 Å². The number of ether oxygens (including phenoxy) is 2. The van der Waals surface area contributed by atoms with Gasteiger partial charge in [0, 0.05) is 19.4 Å². The highest BCUT2D eigenvalue weighted by Gasteiger charge is 2.25. The molecule has 0 rings (SSSR count). The first-order valence-corrected chi connectivity index (χ1v) is 21.6. The van der Waals surface area contributed by atoms with Crippen LogP contribution < -0.4 is 5.73 Å². The van der Waals surface area contributed by atoms with E-state index in [-0.39, 0.29) is 38.6 Å². The van der Waals surface area contributed by atoms with Crippen molar-refractivity contribution in [3.8, 4) is 0 Å². The van der Waals surface area contributed by atoms with Crippen LogP contribution in [0.15, 0.2) is 48.6 Å². The van der Waals surface area contributed by atoms with E-state index in [1.165, 1.54) is 64.2 Å². The molecule has 2 atom stereocenters. The van der Waals surface area contributed by atoms with Gasteiger partial charge in [0.05, 0.1) is 13.2 Å². The van der Waals surface area contributed by atoms with Gasteiger partial charge in [-0.3, -0.25) is 18.6 Å². The average molecular weight is 740 g/mol. The number of hydrogen-bond acceptors (Lipinski definition) is 8. The number of phosphoric acid groups is 1. The lowest BCUT2D eigenvalue weighted by atomic mass is 10.0. The van der Waals surface area contributed by atoms with Gasteiger partial charge in [-0.25, -0.2) is 4.57 Å². The van der Waals surface area contributed by atoms with Gasteiger partial charge in [0.2, 0.25) is 0 Å². The molecule has 0 spiro atoms. The van der Waals surface area contributed by atoms with Crippen molar-refractivity contribution in [3.05, 3.63) is 48.6 Å². The molecule has 0 amide bonds. The van der Waals surface area contributed by atoms with Crippen molar-refractivity contribution in [2.75, 3.05) is 26.4 Å². The Morgan fingerprint density at radius 2 is 1.08 bits per heavy atom. The number of esters is 2. The summed E-state index contributed by atoms with van der Waals surface area (Å²) >= 11 is 0. The molecule has 0 aliphatic carbocycles. The third kappa shape index (κ3) is 37.5. The summed E-state index contributed by atoms with van der Waals surface area (Å²) in [6.07, 6.45) is 41.4. The average Bonchev–Trinajstić information content (AvgIpc) is 3.11. The largest absolute Gasteiger partial charge is 0.472 e. The molecule has 0 saturated heterocycles. The fraction of sp³-hybridized carbons (Fsp3) is 0.756. The molecule has 0 aromatic rings. The van der Waals surface area contributed by atoms with E-state index in [2.05, 4.69) is 62.5 Å². The molecule has 0 fully saturated rings. The van der Waals surface area contributed by atoms with E-state index in [9.17, 15) is 19.0 Å². The van der Waals surface area contributed by atoms with Crippen LogP contribution in [0.4, 0.5) is 0 Å². The van der Waals surface area contributed by atoms with Crippen LogP contribution in [0.1, 0.15) is 168 Å². The summed E-state index contributed by atoms with van der Waals surface area (Å²) in [5.41, 5.74) is 5.33. The zero-order valence-corrected chi connectivity index (χ0v) is 33.2. The summed E-state index contributed by atoms with van der Waals surface area (Å²) in [5, 5.41) is 0. The van der Waals surface area contributed by atoms with E-state index in [0.717, 1.165) is 70.6 Å². The molecular formula is C41H74NO8P. The molecule has 10 heteroatoms. The number of hydrogen-bond donors (Lipinski definition) is 2. The second kappa shape index (κ2) is 37.7. The Balaban J connectivity index is 4.25. The smallest absolute Gasteiger partial charge is 0.462 e. The molecule has 0 bridgehead atoms. The van der Waals surface area contributed by atoms with Crippen LogP contribution in [-0.4, -0.2) is 49.3 Å². The Bertz CT molecular complexity index is 981. The molecular weight excluding hydrogens is 665 g/mol. The number of carbonyl (C=O) groups excluding carboxylic acids is 2. The summed E-state index contributed by atoms with van der Waals surface area (Å²) in [5.74, 6) is -0.857. The Morgan fingerprint density at radius 1 is 0.608 bits per heavy atom. The topological polar surface area (TPSA) is 134 Å². The van der Waals surface area contributed by atoms with Gasteiger partial charge in [-0.05, 0) is 51.4 Å². The molecule has 296 valence electrons. The first-order valence-electron chi connectivity index (χ1n) is 20.1. The number of nitrogens with two attached hydrogens (primary N) is 1. The summed E-state index contributed by atoms with van der Waals surface area (Å²) < 4.78 is 32.7. The lowest BCUT2D eigenvalue weighted by molar-refractivity contribution is -0.161. The van der Waals surface area contributed by atoms with Gasteiger partial charge >= 0.3 is 19.8 Å². The number of phosphoric ester groups is 1. The molecule has 51 heavy (non-hydrogen) atoms. The zero-order chi connectivity index (χ0) is 37.5. The monoisotopic (exact) mass is 740 g/mol. The minimum absolute atomic E-state index is 0.0482. The molecule has 3 N–H and O–H groups in total. The van der Waals surface area contributed by atoms with Gasteiger partial charge in [0.15, 0.2) is 6.10 Å². The highest BCUT2D eigenvalue weighted by Crippen LogP contribution is 2.43. The number of allylic oxidation sites excluding steroid dienone is 8. The first kappa shape index (κ1) is 49.0. The van der Waals surface area contributed by atoms with Crippen molar-refractivity contribution in [1.82, 2.24) is 0 Å². The zero-order valence-electron chi connectivity index (χ0n) is 32.3. The molecule has 0 heterocycles. The lowest BCUT2D eigenvalue weighted by Crippen LogP contribution is -2.29. The van der Waals surface area contributed by atoms with Crippen LogP contribution in [0.3, 0.4) is 0 Å². The van der Waals surface area contributed by atoms with E-state index in [1.54, 1.807) is 0 Å². The minimum Gasteiger partial charge on any atom is -0.462 e. The maximum absolute atomic E-state index is 12.5. The molecule has 0 aliphatic heterocycles. The number of rotatable bonds is 37. The van der Waals surface area contributed by atoms with Crippen LogP contribution in [0.2, 0.25) is 0 Å². The normalized spacial score (nSPS) is 13.9. The van der Waals surface area contributed by atoms with Crippen LogP contribution in [0.25, 0.3) is 0 Å². The van der Waals surface area contributed by atoms with Crippen molar-refractivity contribution in [1.29, 1.82) is 0 Å². The molecule has 9 nitrogen and oxygen atoms in total. The van der Waals surface area contributed by atoms with Crippen LogP contribution in [-0.2, 0) is 32.7 Å². The first-order chi connectivity index (χ1) is 24.8. The highest BCUT2D eigenvalue weighted by atomic mass is 31.2. The summed E-state index contributed by atoms with van der Waals surface area (Å²) in [6, 6.07) is 0. The van der Waals surface area contributed by atoms with Gasteiger partial charge in [-0.15, -0.1) is 0 Å². The van der Waals surface area contributed by atoms with Crippen molar-refractivity contribution in [3.63, 3.8) is 0 Å². The van der Waals surface area contributed by atoms with Gasteiger partial charge in [0.1, 0.15) is 6.61 Å². The third-order valence-electron chi connectivity index (χ3n) is 8.23. The fourth-order valence-corrected chi connectivity index (χ4v) is 6.04. The second-order valence-electron chi connectivity index (χ2n) is 13.1. The maximum Gasteiger partial charge on any atom is 0.472 e. The maximum atomic E-state index is 12.5. The predicted octanol–water partition coefficient (Wildman–Crippen LogP) is 11.2. The van der Waals surface area contributed by atoms with Gasteiger partial charge in [-0.2, -0.15) is 0 Å².